The van der Waals surface area contributed by atoms with Crippen LogP contribution in [0.25, 0.3) is 0 Å². The molecule has 0 aromatic heterocycles. The number of nitrogen functional groups attached to an aromatic ring is 1. The first kappa shape index (κ1) is 17.5. The molecule has 5 nitrogen and oxygen atoms in total. The maximum absolute atomic E-state index is 11.8. The number of carbonyl (C=O) groups excluding carboxylic acids is 1. The van der Waals surface area contributed by atoms with Gasteiger partial charge < -0.3 is 21.1 Å². The van der Waals surface area contributed by atoms with Crippen LogP contribution >= 0.6 is 0 Å². The second-order valence-corrected chi connectivity index (χ2v) is 5.95. The van der Waals surface area contributed by atoms with Crippen molar-refractivity contribution in [3.8, 4) is 0 Å². The van der Waals surface area contributed by atoms with Crippen LogP contribution in [0.4, 0.5) is 11.4 Å². The van der Waals surface area contributed by atoms with E-state index in [1.165, 1.54) is 0 Å². The van der Waals surface area contributed by atoms with Gasteiger partial charge in [0.15, 0.2) is 0 Å². The van der Waals surface area contributed by atoms with Gasteiger partial charge in [0.2, 0.25) is 5.91 Å². The van der Waals surface area contributed by atoms with Crippen molar-refractivity contribution in [1.82, 2.24) is 4.90 Å². The first-order valence-electron chi connectivity index (χ1n) is 7.40. The van der Waals surface area contributed by atoms with E-state index in [-0.39, 0.29) is 5.91 Å². The summed E-state index contributed by atoms with van der Waals surface area (Å²) in [5.74, 6) is -0.000849. The van der Waals surface area contributed by atoms with Crippen molar-refractivity contribution in [2.45, 2.75) is 39.2 Å². The highest BCUT2D eigenvalue weighted by atomic mass is 16.3. The zero-order chi connectivity index (χ0) is 15.9. The average Bonchev–Trinajstić information content (AvgIpc) is 2.39. The lowest BCUT2D eigenvalue weighted by atomic mass is 10.1. The first-order valence-corrected chi connectivity index (χ1v) is 7.40. The molecule has 0 bridgehead atoms. The summed E-state index contributed by atoms with van der Waals surface area (Å²) in [6.07, 6.45) is 1.23. The molecule has 1 aromatic carbocycles. The monoisotopic (exact) mass is 293 g/mol. The molecule has 0 atom stereocenters. The minimum absolute atomic E-state index is 0.000849. The van der Waals surface area contributed by atoms with Crippen LogP contribution in [-0.2, 0) is 4.79 Å². The normalized spacial score (nSPS) is 11.7. The molecule has 0 aliphatic rings. The van der Waals surface area contributed by atoms with Crippen LogP contribution in [0.3, 0.4) is 0 Å². The number of aliphatic hydroxyl groups is 1. The summed E-state index contributed by atoms with van der Waals surface area (Å²) >= 11 is 0. The standard InChI is InChI=1S/C16H27N3O2/c1-4-19(12-16(2,3)21)11-5-6-15(20)18-14-9-7-13(17)8-10-14/h7-10,21H,4-6,11-12,17H2,1-3H3,(H,18,20). The van der Waals surface area contributed by atoms with Gasteiger partial charge in [-0.2, -0.15) is 0 Å². The summed E-state index contributed by atoms with van der Waals surface area (Å²) in [5.41, 5.74) is 6.33. The molecule has 1 amide bonds. The molecule has 4 N–H and O–H groups in total. The molecule has 5 heteroatoms. The molecule has 0 saturated carbocycles. The third-order valence-corrected chi connectivity index (χ3v) is 3.13. The van der Waals surface area contributed by atoms with Gasteiger partial charge in [-0.05, 0) is 57.6 Å². The van der Waals surface area contributed by atoms with Gasteiger partial charge in [-0.15, -0.1) is 0 Å². The molecular weight excluding hydrogens is 266 g/mol. The molecule has 1 aromatic rings. The fourth-order valence-corrected chi connectivity index (χ4v) is 2.15. The van der Waals surface area contributed by atoms with Gasteiger partial charge in [0.1, 0.15) is 0 Å². The summed E-state index contributed by atoms with van der Waals surface area (Å²) in [5, 5.41) is 12.7. The Morgan fingerprint density at radius 3 is 2.48 bits per heavy atom. The van der Waals surface area contributed by atoms with Gasteiger partial charge in [-0.25, -0.2) is 0 Å². The number of nitrogens with one attached hydrogen (secondary N) is 1. The highest BCUT2D eigenvalue weighted by molar-refractivity contribution is 5.90. The van der Waals surface area contributed by atoms with Crippen LogP contribution in [0.2, 0.25) is 0 Å². The molecule has 0 saturated heterocycles. The number of anilines is 2. The maximum atomic E-state index is 11.8. The number of carbonyl (C=O) groups is 1. The Bertz CT molecular complexity index is 438. The summed E-state index contributed by atoms with van der Waals surface area (Å²) in [4.78, 5) is 14.0. The second kappa shape index (κ2) is 8.00. The zero-order valence-electron chi connectivity index (χ0n) is 13.2. The van der Waals surface area contributed by atoms with E-state index >= 15 is 0 Å². The first-order chi connectivity index (χ1) is 9.80. The Morgan fingerprint density at radius 2 is 1.95 bits per heavy atom. The van der Waals surface area contributed by atoms with Crippen LogP contribution in [0.1, 0.15) is 33.6 Å². The molecule has 0 aliphatic carbocycles. The largest absolute Gasteiger partial charge is 0.399 e. The van der Waals surface area contributed by atoms with Gasteiger partial charge in [0.25, 0.3) is 0 Å². The molecule has 0 radical (unpaired) electrons. The Balaban J connectivity index is 2.31. The number of hydrogen-bond acceptors (Lipinski definition) is 4. The second-order valence-electron chi connectivity index (χ2n) is 5.95. The predicted molar refractivity (Wildman–Crippen MR) is 87.1 cm³/mol. The van der Waals surface area contributed by atoms with Crippen molar-refractivity contribution in [3.05, 3.63) is 24.3 Å². The van der Waals surface area contributed by atoms with E-state index in [2.05, 4.69) is 17.1 Å². The zero-order valence-corrected chi connectivity index (χ0v) is 13.2. The maximum Gasteiger partial charge on any atom is 0.224 e. The van der Waals surface area contributed by atoms with Crippen molar-refractivity contribution in [2.24, 2.45) is 0 Å². The molecule has 0 fully saturated rings. The predicted octanol–water partition coefficient (Wildman–Crippen LogP) is 2.08. The van der Waals surface area contributed by atoms with Crippen LogP contribution in [0.5, 0.6) is 0 Å². The van der Waals surface area contributed by atoms with Gasteiger partial charge in [0.05, 0.1) is 5.60 Å². The van der Waals surface area contributed by atoms with E-state index in [9.17, 15) is 9.90 Å². The number of amides is 1. The number of benzene rings is 1. The van der Waals surface area contributed by atoms with Crippen LogP contribution in [0.15, 0.2) is 24.3 Å². The van der Waals surface area contributed by atoms with Gasteiger partial charge in [-0.3, -0.25) is 4.79 Å². The number of likely N-dealkylation sites (N-methyl/N-ethyl adjacent to an activating group) is 1. The lowest BCUT2D eigenvalue weighted by molar-refractivity contribution is -0.116. The molecule has 1 rings (SSSR count). The fourth-order valence-electron chi connectivity index (χ4n) is 2.15. The molecule has 0 heterocycles. The quantitative estimate of drug-likeness (QED) is 0.641. The molecule has 21 heavy (non-hydrogen) atoms. The molecule has 0 aliphatic heterocycles. The van der Waals surface area contributed by atoms with E-state index in [0.29, 0.717) is 18.7 Å². The minimum Gasteiger partial charge on any atom is -0.399 e. The van der Waals surface area contributed by atoms with E-state index in [1.807, 2.05) is 0 Å². The summed E-state index contributed by atoms with van der Waals surface area (Å²) in [7, 11) is 0. The Morgan fingerprint density at radius 1 is 1.33 bits per heavy atom. The molecule has 0 unspecified atom stereocenters. The smallest absolute Gasteiger partial charge is 0.224 e. The van der Waals surface area contributed by atoms with E-state index < -0.39 is 5.60 Å². The average molecular weight is 293 g/mol. The topological polar surface area (TPSA) is 78.6 Å². The number of nitrogens with two attached hydrogens (primary N) is 1. The highest BCUT2D eigenvalue weighted by Crippen LogP contribution is 2.11. The third kappa shape index (κ3) is 7.68. The van der Waals surface area contributed by atoms with Gasteiger partial charge in [-0.1, -0.05) is 6.92 Å². The molecular formula is C16H27N3O2. The van der Waals surface area contributed by atoms with Crippen molar-refractivity contribution < 1.29 is 9.90 Å². The van der Waals surface area contributed by atoms with Gasteiger partial charge >= 0.3 is 0 Å². The van der Waals surface area contributed by atoms with Crippen molar-refractivity contribution in [3.63, 3.8) is 0 Å². The van der Waals surface area contributed by atoms with E-state index in [4.69, 9.17) is 5.73 Å². The Hall–Kier alpha value is -1.59. The Labute approximate surface area is 127 Å². The number of rotatable bonds is 8. The SMILES string of the molecule is CCN(CCCC(=O)Nc1ccc(N)cc1)CC(C)(C)O. The van der Waals surface area contributed by atoms with Crippen LogP contribution in [0, 0.1) is 0 Å². The van der Waals surface area contributed by atoms with E-state index in [0.717, 1.165) is 25.2 Å². The fraction of sp³-hybridized carbons (Fsp3) is 0.562. The number of hydrogen-bond donors (Lipinski definition) is 3. The van der Waals surface area contributed by atoms with Crippen molar-refractivity contribution >= 4 is 17.3 Å². The van der Waals surface area contributed by atoms with E-state index in [1.54, 1.807) is 38.1 Å². The summed E-state index contributed by atoms with van der Waals surface area (Å²) in [6.45, 7) is 7.93. The molecule has 118 valence electrons. The lowest BCUT2D eigenvalue weighted by Crippen LogP contribution is -2.39. The highest BCUT2D eigenvalue weighted by Gasteiger charge is 2.17. The van der Waals surface area contributed by atoms with Crippen molar-refractivity contribution in [1.29, 1.82) is 0 Å². The summed E-state index contributed by atoms with van der Waals surface area (Å²) < 4.78 is 0. The minimum atomic E-state index is -0.706. The Kier molecular flexibility index (Phi) is 6.65. The van der Waals surface area contributed by atoms with Crippen molar-refractivity contribution in [2.75, 3.05) is 30.7 Å². The lowest BCUT2D eigenvalue weighted by Gasteiger charge is -2.27. The van der Waals surface area contributed by atoms with Crippen LogP contribution < -0.4 is 11.1 Å². The third-order valence-electron chi connectivity index (χ3n) is 3.13. The summed E-state index contributed by atoms with van der Waals surface area (Å²) in [6, 6.07) is 7.11. The molecule has 0 spiro atoms. The number of nitrogens with zero attached hydrogens (tertiary/aromatic N) is 1. The van der Waals surface area contributed by atoms with Crippen LogP contribution in [-0.4, -0.2) is 41.1 Å². The van der Waals surface area contributed by atoms with Gasteiger partial charge in [0, 0.05) is 24.3 Å².